The van der Waals surface area contributed by atoms with E-state index in [9.17, 15) is 19.8 Å². The van der Waals surface area contributed by atoms with Crippen LogP contribution in [0, 0.1) is 0 Å². The lowest BCUT2D eigenvalue weighted by Crippen LogP contribution is -2.45. The Labute approximate surface area is 367 Å². The number of hydrogen-bond acceptors (Lipinski definition) is 5. The summed E-state index contributed by atoms with van der Waals surface area (Å²) >= 11 is 0. The Balaban J connectivity index is 3.48. The van der Waals surface area contributed by atoms with Gasteiger partial charge in [-0.2, -0.15) is 0 Å². The van der Waals surface area contributed by atoms with Crippen molar-refractivity contribution in [3.05, 3.63) is 24.3 Å². The van der Waals surface area contributed by atoms with Gasteiger partial charge in [0.15, 0.2) is 0 Å². The van der Waals surface area contributed by atoms with Crippen molar-refractivity contribution < 1.29 is 24.5 Å². The maximum atomic E-state index is 12.4. The van der Waals surface area contributed by atoms with Gasteiger partial charge in [-0.3, -0.25) is 9.59 Å². The molecule has 0 saturated carbocycles. The Kier molecular flexibility index (Phi) is 47.6. The monoisotopic (exact) mass is 832 g/mol. The second kappa shape index (κ2) is 49.0. The summed E-state index contributed by atoms with van der Waals surface area (Å²) < 4.78 is 5.45. The van der Waals surface area contributed by atoms with E-state index in [1.165, 1.54) is 167 Å². The summed E-state index contributed by atoms with van der Waals surface area (Å²) in [5.41, 5.74) is 0. The molecule has 0 radical (unpaired) electrons. The summed E-state index contributed by atoms with van der Waals surface area (Å²) in [5.74, 6) is -0.0774. The Morgan fingerprint density at radius 3 is 1.25 bits per heavy atom. The predicted molar refractivity (Wildman–Crippen MR) is 255 cm³/mol. The molecule has 0 aromatic carbocycles. The average Bonchev–Trinajstić information content (AvgIpc) is 3.24. The lowest BCUT2D eigenvalue weighted by Gasteiger charge is -2.22. The zero-order chi connectivity index (χ0) is 43.0. The topological polar surface area (TPSA) is 95.9 Å². The molecule has 0 fully saturated rings. The second-order valence-electron chi connectivity index (χ2n) is 17.9. The first-order valence-corrected chi connectivity index (χ1v) is 26.1. The molecule has 0 aliphatic heterocycles. The van der Waals surface area contributed by atoms with E-state index in [1.807, 2.05) is 0 Å². The van der Waals surface area contributed by atoms with Crippen LogP contribution in [-0.2, 0) is 14.3 Å². The maximum Gasteiger partial charge on any atom is 0.305 e. The van der Waals surface area contributed by atoms with Gasteiger partial charge >= 0.3 is 5.97 Å². The van der Waals surface area contributed by atoms with E-state index in [1.54, 1.807) is 0 Å². The van der Waals surface area contributed by atoms with Gasteiger partial charge < -0.3 is 20.3 Å². The highest BCUT2D eigenvalue weighted by molar-refractivity contribution is 5.76. The van der Waals surface area contributed by atoms with Crippen LogP contribution < -0.4 is 5.32 Å². The highest BCUT2D eigenvalue weighted by atomic mass is 16.5. The molecule has 6 nitrogen and oxygen atoms in total. The van der Waals surface area contributed by atoms with Crippen LogP contribution in [0.15, 0.2) is 24.3 Å². The van der Waals surface area contributed by atoms with E-state index in [-0.39, 0.29) is 18.5 Å². The van der Waals surface area contributed by atoms with Crippen LogP contribution in [0.2, 0.25) is 0 Å². The third-order valence-electron chi connectivity index (χ3n) is 12.0. The van der Waals surface area contributed by atoms with Crippen molar-refractivity contribution in [1.82, 2.24) is 5.32 Å². The molecule has 0 aromatic heterocycles. The van der Waals surface area contributed by atoms with E-state index < -0.39 is 12.1 Å². The van der Waals surface area contributed by atoms with E-state index in [2.05, 4.69) is 43.5 Å². The predicted octanol–water partition coefficient (Wildman–Crippen LogP) is 15.5. The highest BCUT2D eigenvalue weighted by Gasteiger charge is 2.20. The number of esters is 1. The molecule has 2 atom stereocenters. The van der Waals surface area contributed by atoms with Crippen LogP contribution in [0.1, 0.15) is 277 Å². The molecule has 0 aliphatic rings. The molecule has 0 aromatic rings. The third kappa shape index (κ3) is 45.7. The maximum absolute atomic E-state index is 12.4. The molecule has 3 N–H and O–H groups in total. The minimum Gasteiger partial charge on any atom is -0.466 e. The first-order valence-electron chi connectivity index (χ1n) is 26.1. The van der Waals surface area contributed by atoms with Gasteiger partial charge in [-0.25, -0.2) is 0 Å². The van der Waals surface area contributed by atoms with Crippen molar-refractivity contribution in [2.45, 2.75) is 289 Å². The quantitative estimate of drug-likeness (QED) is 0.0322. The van der Waals surface area contributed by atoms with E-state index >= 15 is 0 Å². The molecular weight excluding hydrogens is 731 g/mol. The number of aliphatic hydroxyl groups excluding tert-OH is 2. The van der Waals surface area contributed by atoms with Gasteiger partial charge in [0, 0.05) is 12.8 Å². The largest absolute Gasteiger partial charge is 0.466 e. The number of hydrogen-bond donors (Lipinski definition) is 3. The number of ether oxygens (including phenoxy) is 1. The van der Waals surface area contributed by atoms with Gasteiger partial charge in [0.1, 0.15) is 0 Å². The van der Waals surface area contributed by atoms with Crippen molar-refractivity contribution >= 4 is 11.9 Å². The molecule has 2 unspecified atom stereocenters. The molecule has 348 valence electrons. The van der Waals surface area contributed by atoms with Crippen LogP contribution in [0.5, 0.6) is 0 Å². The Morgan fingerprint density at radius 2 is 0.831 bits per heavy atom. The molecule has 0 aliphatic carbocycles. The van der Waals surface area contributed by atoms with E-state index in [0.29, 0.717) is 25.9 Å². The summed E-state index contributed by atoms with van der Waals surface area (Å²) in [7, 11) is 0. The number of rotatable bonds is 48. The number of aliphatic hydroxyl groups is 2. The van der Waals surface area contributed by atoms with Crippen LogP contribution in [-0.4, -0.2) is 47.4 Å². The Hall–Kier alpha value is -1.66. The number of nitrogens with one attached hydrogen (secondary N) is 1. The molecule has 0 spiro atoms. The minimum absolute atomic E-state index is 0.0181. The molecule has 1 amide bonds. The van der Waals surface area contributed by atoms with Crippen molar-refractivity contribution in [1.29, 1.82) is 0 Å². The summed E-state index contributed by atoms with van der Waals surface area (Å²) in [6.45, 7) is 4.88. The number of amides is 1. The van der Waals surface area contributed by atoms with Crippen molar-refractivity contribution in [2.24, 2.45) is 0 Å². The summed E-state index contributed by atoms with van der Waals surface area (Å²) in [6.07, 6.45) is 57.3. The van der Waals surface area contributed by atoms with Crippen molar-refractivity contribution in [3.8, 4) is 0 Å². The molecule has 0 bridgehead atoms. The van der Waals surface area contributed by atoms with E-state index in [4.69, 9.17) is 4.74 Å². The zero-order valence-electron chi connectivity index (χ0n) is 39.5. The number of unbranched alkanes of at least 4 members (excludes halogenated alkanes) is 34. The van der Waals surface area contributed by atoms with E-state index in [0.717, 1.165) is 77.0 Å². The molecule has 6 heteroatoms. The fourth-order valence-electron chi connectivity index (χ4n) is 7.98. The first-order chi connectivity index (χ1) is 29.0. The Morgan fingerprint density at radius 1 is 0.475 bits per heavy atom. The average molecular weight is 832 g/mol. The lowest BCUT2D eigenvalue weighted by molar-refractivity contribution is -0.143. The Bertz CT molecular complexity index is 920. The highest BCUT2D eigenvalue weighted by Crippen LogP contribution is 2.16. The summed E-state index contributed by atoms with van der Waals surface area (Å²) in [5, 5.41) is 23.1. The summed E-state index contributed by atoms with van der Waals surface area (Å²) in [4.78, 5) is 24.4. The fraction of sp³-hybridized carbons (Fsp3) is 0.887. The molecule has 0 rings (SSSR count). The van der Waals surface area contributed by atoms with Crippen molar-refractivity contribution in [3.63, 3.8) is 0 Å². The molecular formula is C53H101NO5. The van der Waals surface area contributed by atoms with Crippen LogP contribution >= 0.6 is 0 Å². The smallest absolute Gasteiger partial charge is 0.305 e. The molecule has 59 heavy (non-hydrogen) atoms. The normalized spacial score (nSPS) is 12.8. The van der Waals surface area contributed by atoms with Crippen LogP contribution in [0.3, 0.4) is 0 Å². The first kappa shape index (κ1) is 57.3. The zero-order valence-corrected chi connectivity index (χ0v) is 39.5. The number of carbonyl (C=O) groups is 2. The standard InChI is InChI=1S/C53H101NO5/c1-3-5-7-9-11-13-15-16-17-18-21-24-27-31-35-39-43-47-53(58)59-48-44-40-36-32-28-25-22-19-20-23-26-30-34-38-42-46-52(57)54-50(49-55)51(56)45-41-37-33-29-14-12-10-8-6-4-2/h19,22,25,28,50-51,55-56H,3-18,20-21,23-24,26-27,29-49H2,1-2H3,(H,54,57)/b22-19-,28-25-. The van der Waals surface area contributed by atoms with Gasteiger partial charge in [-0.15, -0.1) is 0 Å². The second-order valence-corrected chi connectivity index (χ2v) is 17.9. The van der Waals surface area contributed by atoms with Gasteiger partial charge in [0.2, 0.25) is 5.91 Å². The van der Waals surface area contributed by atoms with Gasteiger partial charge in [0.25, 0.3) is 0 Å². The summed E-state index contributed by atoms with van der Waals surface area (Å²) in [6, 6.07) is -0.556. The number of allylic oxidation sites excluding steroid dienone is 4. The van der Waals surface area contributed by atoms with Gasteiger partial charge in [0.05, 0.1) is 25.4 Å². The van der Waals surface area contributed by atoms with Gasteiger partial charge in [-0.1, -0.05) is 231 Å². The SMILES string of the molecule is CCCCCCCCCCCCCCCCCCCC(=O)OCCCCC/C=C\C=C/CCCCCCCCC(=O)NC(CO)C(O)CCCCCCCCCCCC. The fourth-order valence-corrected chi connectivity index (χ4v) is 7.98. The van der Waals surface area contributed by atoms with Crippen molar-refractivity contribution in [2.75, 3.05) is 13.2 Å². The van der Waals surface area contributed by atoms with Gasteiger partial charge in [-0.05, 0) is 57.8 Å². The minimum atomic E-state index is -0.676. The van der Waals surface area contributed by atoms with Crippen LogP contribution in [0.4, 0.5) is 0 Å². The molecule has 0 saturated heterocycles. The van der Waals surface area contributed by atoms with Crippen LogP contribution in [0.25, 0.3) is 0 Å². The number of carbonyl (C=O) groups excluding carboxylic acids is 2. The molecule has 0 heterocycles. The third-order valence-corrected chi connectivity index (χ3v) is 12.0. The lowest BCUT2D eigenvalue weighted by atomic mass is 10.0.